The Morgan fingerprint density at radius 3 is 2.86 bits per heavy atom. The number of carbonyl (C=O) groups excluding carboxylic acids is 1. The molecule has 0 fully saturated rings. The van der Waals surface area contributed by atoms with Gasteiger partial charge in [0.05, 0.1) is 17.7 Å². The zero-order chi connectivity index (χ0) is 15.2. The van der Waals surface area contributed by atoms with Gasteiger partial charge in [0.1, 0.15) is 0 Å². The van der Waals surface area contributed by atoms with Crippen molar-refractivity contribution in [1.29, 1.82) is 0 Å². The zero-order valence-electron chi connectivity index (χ0n) is 12.4. The number of carbonyl (C=O) groups is 1. The number of benzene rings is 1. The van der Waals surface area contributed by atoms with Crippen LogP contribution in [0.4, 0.5) is 11.4 Å². The fraction of sp³-hybridized carbons (Fsp3) is 0.333. The zero-order valence-corrected chi connectivity index (χ0v) is 12.4. The van der Waals surface area contributed by atoms with Gasteiger partial charge in [0.15, 0.2) is 0 Å². The number of nitrogen functional groups attached to an aromatic ring is 1. The predicted octanol–water partition coefficient (Wildman–Crippen LogP) is 1.35. The lowest BCUT2D eigenvalue weighted by Gasteiger charge is -2.15. The number of amides is 1. The van der Waals surface area contributed by atoms with Crippen molar-refractivity contribution in [2.24, 2.45) is 0 Å². The molecule has 0 aliphatic heterocycles. The fourth-order valence-corrected chi connectivity index (χ4v) is 2.09. The maximum absolute atomic E-state index is 12.0. The molecule has 1 amide bonds. The number of rotatable bonds is 6. The van der Waals surface area contributed by atoms with Crippen molar-refractivity contribution in [2.75, 3.05) is 31.3 Å². The molecule has 3 N–H and O–H groups in total. The highest BCUT2D eigenvalue weighted by Crippen LogP contribution is 2.22. The van der Waals surface area contributed by atoms with Crippen LogP contribution < -0.4 is 16.0 Å². The first-order chi connectivity index (χ1) is 10.1. The lowest BCUT2D eigenvalue weighted by Crippen LogP contribution is -2.25. The smallest absolute Gasteiger partial charge is 0.251 e. The van der Waals surface area contributed by atoms with Crippen molar-refractivity contribution < 1.29 is 4.79 Å². The first-order valence-corrected chi connectivity index (χ1v) is 6.88. The van der Waals surface area contributed by atoms with Gasteiger partial charge in [-0.2, -0.15) is 0 Å². The summed E-state index contributed by atoms with van der Waals surface area (Å²) in [5.41, 5.74) is 8.04. The van der Waals surface area contributed by atoms with Crippen molar-refractivity contribution in [3.05, 3.63) is 42.5 Å². The molecule has 0 bridgehead atoms. The fourth-order valence-electron chi connectivity index (χ4n) is 2.09. The molecule has 6 heteroatoms. The molecule has 0 atom stereocenters. The molecule has 0 unspecified atom stereocenters. The number of aromatic nitrogens is 2. The molecule has 0 spiro atoms. The molecule has 0 saturated heterocycles. The summed E-state index contributed by atoms with van der Waals surface area (Å²) in [4.78, 5) is 17.9. The average molecular weight is 287 g/mol. The van der Waals surface area contributed by atoms with Crippen LogP contribution in [0.3, 0.4) is 0 Å². The Bertz CT molecular complexity index is 592. The number of anilines is 2. The second-order valence-corrected chi connectivity index (χ2v) is 5.08. The molecule has 0 aliphatic rings. The summed E-state index contributed by atoms with van der Waals surface area (Å²) < 4.78 is 1.98. The Labute approximate surface area is 124 Å². The van der Waals surface area contributed by atoms with Crippen molar-refractivity contribution in [3.8, 4) is 0 Å². The van der Waals surface area contributed by atoms with Crippen LogP contribution in [0.5, 0.6) is 0 Å². The van der Waals surface area contributed by atoms with E-state index in [9.17, 15) is 4.79 Å². The predicted molar refractivity (Wildman–Crippen MR) is 84.4 cm³/mol. The maximum atomic E-state index is 12.0. The molecule has 6 nitrogen and oxygen atoms in total. The van der Waals surface area contributed by atoms with Gasteiger partial charge in [0, 0.05) is 45.1 Å². The Hall–Kier alpha value is -2.50. The van der Waals surface area contributed by atoms with E-state index in [1.807, 2.05) is 35.8 Å². The molecule has 1 heterocycles. The van der Waals surface area contributed by atoms with Crippen LogP contribution in [0.25, 0.3) is 0 Å². The molecule has 1 aromatic heterocycles. The van der Waals surface area contributed by atoms with Crippen molar-refractivity contribution in [3.63, 3.8) is 0 Å². The van der Waals surface area contributed by atoms with Gasteiger partial charge < -0.3 is 20.5 Å². The number of nitrogens with one attached hydrogen (secondary N) is 1. The van der Waals surface area contributed by atoms with Gasteiger partial charge in [-0.3, -0.25) is 4.79 Å². The van der Waals surface area contributed by atoms with E-state index in [2.05, 4.69) is 10.3 Å². The van der Waals surface area contributed by atoms with Crippen LogP contribution in [0.2, 0.25) is 0 Å². The quantitative estimate of drug-likeness (QED) is 0.621. The highest BCUT2D eigenvalue weighted by Gasteiger charge is 2.08. The van der Waals surface area contributed by atoms with Gasteiger partial charge in [0.2, 0.25) is 0 Å². The molecule has 0 saturated carbocycles. The monoisotopic (exact) mass is 287 g/mol. The molecule has 112 valence electrons. The minimum atomic E-state index is -0.0994. The Morgan fingerprint density at radius 2 is 2.24 bits per heavy atom. The van der Waals surface area contributed by atoms with E-state index in [1.54, 1.807) is 24.7 Å². The van der Waals surface area contributed by atoms with Crippen LogP contribution in [0, 0.1) is 0 Å². The Kier molecular flexibility index (Phi) is 4.81. The van der Waals surface area contributed by atoms with Crippen LogP contribution >= 0.6 is 0 Å². The van der Waals surface area contributed by atoms with Gasteiger partial charge in [-0.25, -0.2) is 4.98 Å². The van der Waals surface area contributed by atoms with Crippen molar-refractivity contribution in [1.82, 2.24) is 14.9 Å². The highest BCUT2D eigenvalue weighted by molar-refractivity contribution is 5.96. The topological polar surface area (TPSA) is 76.2 Å². The van der Waals surface area contributed by atoms with Crippen LogP contribution in [0.1, 0.15) is 16.8 Å². The lowest BCUT2D eigenvalue weighted by atomic mass is 10.1. The highest BCUT2D eigenvalue weighted by atomic mass is 16.1. The van der Waals surface area contributed by atoms with E-state index >= 15 is 0 Å². The molecular weight excluding hydrogens is 266 g/mol. The first-order valence-electron chi connectivity index (χ1n) is 6.88. The normalized spacial score (nSPS) is 10.4. The van der Waals surface area contributed by atoms with E-state index in [0.29, 0.717) is 17.8 Å². The number of hydrogen-bond acceptors (Lipinski definition) is 4. The number of aryl methyl sites for hydroxylation is 1. The third-order valence-electron chi connectivity index (χ3n) is 3.21. The molecule has 0 aliphatic carbocycles. The van der Waals surface area contributed by atoms with E-state index < -0.39 is 0 Å². The summed E-state index contributed by atoms with van der Waals surface area (Å²) in [6.45, 7) is 1.45. The molecule has 2 rings (SSSR count). The van der Waals surface area contributed by atoms with Gasteiger partial charge in [-0.15, -0.1) is 0 Å². The van der Waals surface area contributed by atoms with Gasteiger partial charge in [-0.05, 0) is 24.6 Å². The van der Waals surface area contributed by atoms with Crippen molar-refractivity contribution >= 4 is 17.3 Å². The van der Waals surface area contributed by atoms with Gasteiger partial charge in [-0.1, -0.05) is 0 Å². The minimum Gasteiger partial charge on any atom is -0.397 e. The molecule has 0 radical (unpaired) electrons. The van der Waals surface area contributed by atoms with Crippen LogP contribution in [-0.4, -0.2) is 36.1 Å². The lowest BCUT2D eigenvalue weighted by molar-refractivity contribution is 0.0953. The molecular formula is C15H21N5O. The summed E-state index contributed by atoms with van der Waals surface area (Å²) in [6.07, 6.45) is 6.27. The summed E-state index contributed by atoms with van der Waals surface area (Å²) in [5, 5.41) is 2.90. The standard InChI is InChI=1S/C15H21N5O/c1-19(2)14-5-4-12(10-13(14)16)15(21)18-6-3-8-20-9-7-17-11-20/h4-5,7,9-11H,3,6,8,16H2,1-2H3,(H,18,21). The largest absolute Gasteiger partial charge is 0.397 e. The third-order valence-corrected chi connectivity index (χ3v) is 3.21. The third kappa shape index (κ3) is 3.98. The average Bonchev–Trinajstić information content (AvgIpc) is 2.96. The first kappa shape index (κ1) is 14.9. The summed E-state index contributed by atoms with van der Waals surface area (Å²) in [5.74, 6) is -0.0994. The number of imidazole rings is 1. The molecule has 21 heavy (non-hydrogen) atoms. The maximum Gasteiger partial charge on any atom is 0.251 e. The van der Waals surface area contributed by atoms with Crippen molar-refractivity contribution in [2.45, 2.75) is 13.0 Å². The van der Waals surface area contributed by atoms with E-state index in [-0.39, 0.29) is 5.91 Å². The van der Waals surface area contributed by atoms with Gasteiger partial charge >= 0.3 is 0 Å². The molecule has 2 aromatic rings. The summed E-state index contributed by atoms with van der Waals surface area (Å²) in [7, 11) is 3.84. The van der Waals surface area contributed by atoms with Gasteiger partial charge in [0.25, 0.3) is 5.91 Å². The minimum absolute atomic E-state index is 0.0994. The SMILES string of the molecule is CN(C)c1ccc(C(=O)NCCCn2ccnc2)cc1N. The summed E-state index contributed by atoms with van der Waals surface area (Å²) >= 11 is 0. The number of nitrogens with two attached hydrogens (primary N) is 1. The second kappa shape index (κ2) is 6.78. The number of nitrogens with zero attached hydrogens (tertiary/aromatic N) is 3. The Balaban J connectivity index is 1.84. The number of hydrogen-bond donors (Lipinski definition) is 2. The molecule has 1 aromatic carbocycles. The van der Waals surface area contributed by atoms with Crippen LogP contribution in [-0.2, 0) is 6.54 Å². The van der Waals surface area contributed by atoms with E-state index in [1.165, 1.54) is 0 Å². The van der Waals surface area contributed by atoms with E-state index in [0.717, 1.165) is 18.7 Å². The van der Waals surface area contributed by atoms with Crippen LogP contribution in [0.15, 0.2) is 36.9 Å². The van der Waals surface area contributed by atoms with E-state index in [4.69, 9.17) is 5.73 Å². The summed E-state index contributed by atoms with van der Waals surface area (Å²) in [6, 6.07) is 5.35. The Morgan fingerprint density at radius 1 is 1.43 bits per heavy atom. The second-order valence-electron chi connectivity index (χ2n) is 5.08.